The van der Waals surface area contributed by atoms with E-state index in [0.29, 0.717) is 0 Å². The molecular weight excluding hydrogens is 360 g/mol. The summed E-state index contributed by atoms with van der Waals surface area (Å²) < 4.78 is 1.16. The molecule has 1 unspecified atom stereocenters. The number of carbonyl (C=O) groups excluding carboxylic acids is 1. The van der Waals surface area contributed by atoms with Crippen molar-refractivity contribution >= 4 is 38.9 Å². The summed E-state index contributed by atoms with van der Waals surface area (Å²) in [4.78, 5) is 16.2. The number of piperidine rings is 1. The molecule has 1 N–H and O–H groups in total. The maximum absolute atomic E-state index is 12.4. The third-order valence-corrected chi connectivity index (χ3v) is 5.53. The first-order valence-corrected chi connectivity index (χ1v) is 9.14. The van der Waals surface area contributed by atoms with E-state index in [1.807, 2.05) is 30.3 Å². The highest BCUT2D eigenvalue weighted by atomic mass is 79.9. The fourth-order valence-corrected chi connectivity index (χ4v) is 4.36. The topological polar surface area (TPSA) is 32.3 Å². The maximum Gasteiger partial charge on any atom is 0.228 e. The first kappa shape index (κ1) is 15.7. The van der Waals surface area contributed by atoms with E-state index >= 15 is 0 Å². The Morgan fingerprint density at radius 1 is 1.27 bits per heavy atom. The van der Waals surface area contributed by atoms with E-state index in [4.69, 9.17) is 0 Å². The molecule has 1 aromatic heterocycles. The summed E-state index contributed by atoms with van der Waals surface area (Å²) in [7, 11) is 0. The van der Waals surface area contributed by atoms with Crippen molar-refractivity contribution in [2.45, 2.75) is 19.4 Å². The molecule has 1 saturated heterocycles. The summed E-state index contributed by atoms with van der Waals surface area (Å²) in [5.74, 6) is 0.223. The van der Waals surface area contributed by atoms with Crippen molar-refractivity contribution in [1.29, 1.82) is 0 Å². The maximum atomic E-state index is 12.4. The number of carbonyl (C=O) groups is 1. The fraction of sp³-hybridized carbons (Fsp3) is 0.353. The standard InChI is InChI=1S/C17H19BrN2OS/c18-16-9-8-15(22-16)12-20-10-4-5-13(11-20)17(21)19-14-6-2-1-3-7-14/h1-3,6-9,13H,4-5,10-12H2,(H,19,21). The molecule has 0 bridgehead atoms. The quantitative estimate of drug-likeness (QED) is 0.856. The molecule has 0 aliphatic carbocycles. The second kappa shape index (κ2) is 7.40. The van der Waals surface area contributed by atoms with Gasteiger partial charge in [0, 0.05) is 23.7 Å². The van der Waals surface area contributed by atoms with E-state index in [1.54, 1.807) is 11.3 Å². The van der Waals surface area contributed by atoms with Crippen molar-refractivity contribution in [3.05, 3.63) is 51.1 Å². The number of nitrogens with one attached hydrogen (secondary N) is 1. The third kappa shape index (κ3) is 4.18. The van der Waals surface area contributed by atoms with E-state index in [1.165, 1.54) is 4.88 Å². The van der Waals surface area contributed by atoms with E-state index in [2.05, 4.69) is 38.3 Å². The Kier molecular flexibility index (Phi) is 5.28. The van der Waals surface area contributed by atoms with Gasteiger partial charge in [-0.1, -0.05) is 18.2 Å². The molecule has 3 nitrogen and oxygen atoms in total. The number of amides is 1. The summed E-state index contributed by atoms with van der Waals surface area (Å²) >= 11 is 5.27. The van der Waals surface area contributed by atoms with Gasteiger partial charge in [-0.3, -0.25) is 9.69 Å². The molecule has 5 heteroatoms. The van der Waals surface area contributed by atoms with Crippen molar-refractivity contribution in [3.63, 3.8) is 0 Å². The SMILES string of the molecule is O=C(Nc1ccccc1)C1CCCN(Cc2ccc(Br)s2)C1. The Balaban J connectivity index is 1.57. The van der Waals surface area contributed by atoms with E-state index in [9.17, 15) is 4.79 Å². The minimum absolute atomic E-state index is 0.0809. The summed E-state index contributed by atoms with van der Waals surface area (Å²) in [6.07, 6.45) is 2.06. The normalized spacial score (nSPS) is 19.0. The van der Waals surface area contributed by atoms with Gasteiger partial charge in [-0.25, -0.2) is 0 Å². The van der Waals surface area contributed by atoms with Crippen molar-refractivity contribution in [3.8, 4) is 0 Å². The van der Waals surface area contributed by atoms with Crippen LogP contribution in [0.3, 0.4) is 0 Å². The number of benzene rings is 1. The van der Waals surface area contributed by atoms with E-state index in [0.717, 1.165) is 41.9 Å². The third-order valence-electron chi connectivity index (χ3n) is 3.93. The Bertz CT molecular complexity index is 629. The molecule has 1 aromatic carbocycles. The number of hydrogen-bond donors (Lipinski definition) is 1. The molecule has 1 amide bonds. The molecule has 2 heterocycles. The van der Waals surface area contributed by atoms with Gasteiger partial charge in [0.15, 0.2) is 0 Å². The zero-order valence-corrected chi connectivity index (χ0v) is 14.7. The zero-order chi connectivity index (χ0) is 15.4. The molecule has 116 valence electrons. The van der Waals surface area contributed by atoms with Gasteiger partial charge in [-0.2, -0.15) is 0 Å². The molecule has 0 saturated carbocycles. The first-order valence-electron chi connectivity index (χ1n) is 7.53. The van der Waals surface area contributed by atoms with Crippen LogP contribution in [-0.4, -0.2) is 23.9 Å². The van der Waals surface area contributed by atoms with Crippen molar-refractivity contribution in [1.82, 2.24) is 4.90 Å². The van der Waals surface area contributed by atoms with Crippen LogP contribution in [0.1, 0.15) is 17.7 Å². The van der Waals surface area contributed by atoms with Crippen LogP contribution in [0.5, 0.6) is 0 Å². The predicted molar refractivity (Wildman–Crippen MR) is 95.1 cm³/mol. The van der Waals surface area contributed by atoms with Gasteiger partial charge in [0.25, 0.3) is 0 Å². The number of likely N-dealkylation sites (tertiary alicyclic amines) is 1. The predicted octanol–water partition coefficient (Wildman–Crippen LogP) is 4.36. The number of rotatable bonds is 4. The number of para-hydroxylation sites is 1. The minimum atomic E-state index is 0.0809. The van der Waals surface area contributed by atoms with Gasteiger partial charge in [0.2, 0.25) is 5.91 Å². The summed E-state index contributed by atoms with van der Waals surface area (Å²) in [6, 6.07) is 13.9. The lowest BCUT2D eigenvalue weighted by Crippen LogP contribution is -2.40. The summed E-state index contributed by atoms with van der Waals surface area (Å²) in [5, 5.41) is 3.03. The van der Waals surface area contributed by atoms with E-state index in [-0.39, 0.29) is 11.8 Å². The number of hydrogen-bond acceptors (Lipinski definition) is 3. The zero-order valence-electron chi connectivity index (χ0n) is 12.3. The Morgan fingerprint density at radius 3 is 2.82 bits per heavy atom. The van der Waals surface area contributed by atoms with Crippen LogP contribution >= 0.6 is 27.3 Å². The molecule has 0 spiro atoms. The fourth-order valence-electron chi connectivity index (χ4n) is 2.84. The molecule has 1 atom stereocenters. The Labute approximate surface area is 143 Å². The summed E-state index contributed by atoms with van der Waals surface area (Å²) in [5.41, 5.74) is 0.881. The average Bonchev–Trinajstić information content (AvgIpc) is 2.93. The van der Waals surface area contributed by atoms with Crippen LogP contribution in [0.2, 0.25) is 0 Å². The molecule has 1 aliphatic heterocycles. The lowest BCUT2D eigenvalue weighted by atomic mass is 9.97. The van der Waals surface area contributed by atoms with Crippen LogP contribution in [0.4, 0.5) is 5.69 Å². The highest BCUT2D eigenvalue weighted by Gasteiger charge is 2.26. The van der Waals surface area contributed by atoms with Gasteiger partial charge in [-0.05, 0) is 59.6 Å². The first-order chi connectivity index (χ1) is 10.7. The van der Waals surface area contributed by atoms with Crippen LogP contribution in [0.25, 0.3) is 0 Å². The lowest BCUT2D eigenvalue weighted by Gasteiger charge is -2.31. The van der Waals surface area contributed by atoms with Gasteiger partial charge in [0.05, 0.1) is 9.70 Å². The largest absolute Gasteiger partial charge is 0.326 e. The molecule has 1 aliphatic rings. The number of anilines is 1. The number of halogens is 1. The minimum Gasteiger partial charge on any atom is -0.326 e. The number of thiophene rings is 1. The molecule has 0 radical (unpaired) electrons. The van der Waals surface area contributed by atoms with Crippen LogP contribution in [0, 0.1) is 5.92 Å². The Hall–Kier alpha value is -1.17. The van der Waals surface area contributed by atoms with Crippen LogP contribution in [-0.2, 0) is 11.3 Å². The van der Waals surface area contributed by atoms with Gasteiger partial charge in [0.1, 0.15) is 0 Å². The van der Waals surface area contributed by atoms with E-state index < -0.39 is 0 Å². The van der Waals surface area contributed by atoms with Crippen LogP contribution < -0.4 is 5.32 Å². The molecule has 22 heavy (non-hydrogen) atoms. The molecular formula is C17H19BrN2OS. The smallest absolute Gasteiger partial charge is 0.228 e. The monoisotopic (exact) mass is 378 g/mol. The van der Waals surface area contributed by atoms with Crippen LogP contribution in [0.15, 0.2) is 46.3 Å². The van der Waals surface area contributed by atoms with Gasteiger partial charge < -0.3 is 5.32 Å². The average molecular weight is 379 g/mol. The second-order valence-electron chi connectivity index (χ2n) is 5.64. The second-order valence-corrected chi connectivity index (χ2v) is 8.18. The highest BCUT2D eigenvalue weighted by molar-refractivity contribution is 9.11. The molecule has 1 fully saturated rings. The number of nitrogens with zero attached hydrogens (tertiary/aromatic N) is 1. The summed E-state index contributed by atoms with van der Waals surface area (Å²) in [6.45, 7) is 2.85. The lowest BCUT2D eigenvalue weighted by molar-refractivity contribution is -0.121. The van der Waals surface area contributed by atoms with Crippen molar-refractivity contribution in [2.24, 2.45) is 5.92 Å². The van der Waals surface area contributed by atoms with Crippen molar-refractivity contribution < 1.29 is 4.79 Å². The van der Waals surface area contributed by atoms with Gasteiger partial charge >= 0.3 is 0 Å². The molecule has 3 rings (SSSR count). The van der Waals surface area contributed by atoms with Crippen molar-refractivity contribution in [2.75, 3.05) is 18.4 Å². The Morgan fingerprint density at radius 2 is 2.09 bits per heavy atom. The molecule has 2 aromatic rings. The highest BCUT2D eigenvalue weighted by Crippen LogP contribution is 2.26. The van der Waals surface area contributed by atoms with Gasteiger partial charge in [-0.15, -0.1) is 11.3 Å².